The number of nitriles is 1. The van der Waals surface area contributed by atoms with E-state index in [9.17, 15) is 4.39 Å². The van der Waals surface area contributed by atoms with Crippen LogP contribution in [0.4, 0.5) is 21.5 Å². The number of nitrogens with one attached hydrogen (secondary N) is 1. The molecule has 2 aromatic rings. The summed E-state index contributed by atoms with van der Waals surface area (Å²) in [4.78, 5) is 0. The molecule has 2 rings (SSSR count). The molecule has 0 aliphatic heterocycles. The van der Waals surface area contributed by atoms with Gasteiger partial charge in [0.15, 0.2) is 0 Å². The lowest BCUT2D eigenvalue weighted by molar-refractivity contribution is 0.628. The Kier molecular flexibility index (Phi) is 2.93. The highest BCUT2D eigenvalue weighted by atomic mass is 19.1. The number of nitrogens with zero attached hydrogens (tertiary/aromatic N) is 1. The van der Waals surface area contributed by atoms with E-state index in [0.29, 0.717) is 22.6 Å². The zero-order valence-electron chi connectivity index (χ0n) is 8.94. The van der Waals surface area contributed by atoms with Crippen molar-refractivity contribution < 1.29 is 4.39 Å². The average Bonchev–Trinajstić information content (AvgIpc) is 2.29. The standard InChI is InChI=1S/C13H10FN3/c14-10-2-1-3-11(6-10)17-12-5-4-9(8-15)13(16)7-12/h1-7,17H,16H2. The Morgan fingerprint density at radius 2 is 1.88 bits per heavy atom. The molecule has 0 bridgehead atoms. The van der Waals surface area contributed by atoms with Crippen LogP contribution in [-0.2, 0) is 0 Å². The number of anilines is 3. The molecule has 0 aliphatic carbocycles. The first kappa shape index (κ1) is 11.0. The molecular weight excluding hydrogens is 217 g/mol. The van der Waals surface area contributed by atoms with Gasteiger partial charge in [0, 0.05) is 11.4 Å². The summed E-state index contributed by atoms with van der Waals surface area (Å²) in [6.45, 7) is 0. The molecule has 0 aromatic heterocycles. The first-order valence-electron chi connectivity index (χ1n) is 5.01. The molecule has 0 radical (unpaired) electrons. The molecule has 3 N–H and O–H groups in total. The molecule has 0 saturated carbocycles. The lowest BCUT2D eigenvalue weighted by Gasteiger charge is -2.07. The smallest absolute Gasteiger partial charge is 0.125 e. The normalized spacial score (nSPS) is 9.65. The quantitative estimate of drug-likeness (QED) is 0.775. The van der Waals surface area contributed by atoms with Gasteiger partial charge < -0.3 is 11.1 Å². The van der Waals surface area contributed by atoms with Gasteiger partial charge in [0.2, 0.25) is 0 Å². The maximum atomic E-state index is 13.0. The highest BCUT2D eigenvalue weighted by molar-refractivity contribution is 5.67. The highest BCUT2D eigenvalue weighted by Gasteiger charge is 2.01. The lowest BCUT2D eigenvalue weighted by atomic mass is 10.1. The maximum absolute atomic E-state index is 13.0. The summed E-state index contributed by atoms with van der Waals surface area (Å²) in [5.74, 6) is -0.309. The molecule has 0 aliphatic rings. The summed E-state index contributed by atoms with van der Waals surface area (Å²) in [6, 6.07) is 13.1. The maximum Gasteiger partial charge on any atom is 0.125 e. The van der Waals surface area contributed by atoms with Crippen molar-refractivity contribution in [3.63, 3.8) is 0 Å². The largest absolute Gasteiger partial charge is 0.398 e. The fraction of sp³-hybridized carbons (Fsp3) is 0. The number of halogens is 1. The van der Waals surface area contributed by atoms with Crippen LogP contribution in [0.15, 0.2) is 42.5 Å². The van der Waals surface area contributed by atoms with Crippen LogP contribution < -0.4 is 11.1 Å². The summed E-state index contributed by atoms with van der Waals surface area (Å²) in [5, 5.41) is 11.7. The summed E-state index contributed by atoms with van der Waals surface area (Å²) in [5.41, 5.74) is 7.85. The molecule has 84 valence electrons. The van der Waals surface area contributed by atoms with Crippen LogP contribution in [0.3, 0.4) is 0 Å². The number of nitrogens with two attached hydrogens (primary N) is 1. The molecule has 0 atom stereocenters. The Balaban J connectivity index is 2.25. The van der Waals surface area contributed by atoms with Crippen LogP contribution in [0.5, 0.6) is 0 Å². The molecule has 3 nitrogen and oxygen atoms in total. The van der Waals surface area contributed by atoms with Crippen molar-refractivity contribution in [1.29, 1.82) is 5.26 Å². The van der Waals surface area contributed by atoms with E-state index in [1.54, 1.807) is 30.3 Å². The van der Waals surface area contributed by atoms with E-state index in [4.69, 9.17) is 11.0 Å². The van der Waals surface area contributed by atoms with Crippen molar-refractivity contribution >= 4 is 17.1 Å². The van der Waals surface area contributed by atoms with Gasteiger partial charge in [-0.1, -0.05) is 6.07 Å². The van der Waals surface area contributed by atoms with Crippen molar-refractivity contribution in [3.05, 3.63) is 53.8 Å². The fourth-order valence-corrected chi connectivity index (χ4v) is 1.48. The topological polar surface area (TPSA) is 61.8 Å². The van der Waals surface area contributed by atoms with E-state index in [1.165, 1.54) is 12.1 Å². The average molecular weight is 227 g/mol. The van der Waals surface area contributed by atoms with Crippen molar-refractivity contribution in [3.8, 4) is 6.07 Å². The molecule has 4 heteroatoms. The van der Waals surface area contributed by atoms with Gasteiger partial charge in [-0.05, 0) is 36.4 Å². The van der Waals surface area contributed by atoms with E-state index in [2.05, 4.69) is 5.32 Å². The summed E-state index contributed by atoms with van der Waals surface area (Å²) in [7, 11) is 0. The minimum Gasteiger partial charge on any atom is -0.398 e. The third kappa shape index (κ3) is 2.52. The van der Waals surface area contributed by atoms with Crippen LogP contribution in [0.25, 0.3) is 0 Å². The molecule has 0 spiro atoms. The van der Waals surface area contributed by atoms with E-state index in [1.807, 2.05) is 6.07 Å². The Morgan fingerprint density at radius 3 is 2.53 bits per heavy atom. The molecule has 0 amide bonds. The van der Waals surface area contributed by atoms with Gasteiger partial charge in [-0.2, -0.15) is 5.26 Å². The Labute approximate surface area is 98.3 Å². The zero-order chi connectivity index (χ0) is 12.3. The van der Waals surface area contributed by atoms with Crippen molar-refractivity contribution in [1.82, 2.24) is 0 Å². The van der Waals surface area contributed by atoms with E-state index in [-0.39, 0.29) is 5.82 Å². The summed E-state index contributed by atoms with van der Waals surface area (Å²) < 4.78 is 13.0. The van der Waals surface area contributed by atoms with Gasteiger partial charge >= 0.3 is 0 Å². The first-order valence-corrected chi connectivity index (χ1v) is 5.01. The predicted octanol–water partition coefficient (Wildman–Crippen LogP) is 3.02. The number of benzene rings is 2. The monoisotopic (exact) mass is 227 g/mol. The van der Waals surface area contributed by atoms with E-state index in [0.717, 1.165) is 0 Å². The van der Waals surface area contributed by atoms with Gasteiger partial charge in [-0.25, -0.2) is 4.39 Å². The van der Waals surface area contributed by atoms with E-state index >= 15 is 0 Å². The van der Waals surface area contributed by atoms with Crippen molar-refractivity contribution in [2.75, 3.05) is 11.1 Å². The predicted molar refractivity (Wildman–Crippen MR) is 65.3 cm³/mol. The fourth-order valence-electron chi connectivity index (χ4n) is 1.48. The Bertz CT molecular complexity index is 587. The second-order valence-corrected chi connectivity index (χ2v) is 3.55. The van der Waals surface area contributed by atoms with Crippen molar-refractivity contribution in [2.45, 2.75) is 0 Å². The molecule has 2 aromatic carbocycles. The third-order valence-corrected chi connectivity index (χ3v) is 2.29. The van der Waals surface area contributed by atoms with E-state index < -0.39 is 0 Å². The summed E-state index contributed by atoms with van der Waals surface area (Å²) >= 11 is 0. The highest BCUT2D eigenvalue weighted by Crippen LogP contribution is 2.21. The molecule has 0 heterocycles. The van der Waals surface area contributed by atoms with Crippen molar-refractivity contribution in [2.24, 2.45) is 0 Å². The third-order valence-electron chi connectivity index (χ3n) is 2.29. The zero-order valence-corrected chi connectivity index (χ0v) is 8.94. The number of nitrogen functional groups attached to an aromatic ring is 1. The second kappa shape index (κ2) is 4.54. The van der Waals surface area contributed by atoms with Gasteiger partial charge in [0.05, 0.1) is 11.3 Å². The van der Waals surface area contributed by atoms with Gasteiger partial charge in [-0.3, -0.25) is 0 Å². The van der Waals surface area contributed by atoms with Crippen LogP contribution in [0.1, 0.15) is 5.56 Å². The van der Waals surface area contributed by atoms with Crippen LogP contribution >= 0.6 is 0 Å². The molecular formula is C13H10FN3. The number of hydrogen-bond donors (Lipinski definition) is 2. The van der Waals surface area contributed by atoms with Crippen LogP contribution in [0, 0.1) is 17.1 Å². The molecule has 17 heavy (non-hydrogen) atoms. The lowest BCUT2D eigenvalue weighted by Crippen LogP contribution is -1.95. The number of hydrogen-bond acceptors (Lipinski definition) is 3. The molecule has 0 saturated heterocycles. The van der Waals surface area contributed by atoms with Gasteiger partial charge in [0.25, 0.3) is 0 Å². The SMILES string of the molecule is N#Cc1ccc(Nc2cccc(F)c2)cc1N. The van der Waals surface area contributed by atoms with Gasteiger partial charge in [-0.15, -0.1) is 0 Å². The van der Waals surface area contributed by atoms with Crippen LogP contribution in [0.2, 0.25) is 0 Å². The minimum atomic E-state index is -0.309. The molecule has 0 unspecified atom stereocenters. The molecule has 0 fully saturated rings. The minimum absolute atomic E-state index is 0.309. The van der Waals surface area contributed by atoms with Crippen LogP contribution in [-0.4, -0.2) is 0 Å². The summed E-state index contributed by atoms with van der Waals surface area (Å²) in [6.07, 6.45) is 0. The second-order valence-electron chi connectivity index (χ2n) is 3.55. The Morgan fingerprint density at radius 1 is 1.12 bits per heavy atom. The van der Waals surface area contributed by atoms with Gasteiger partial charge in [0.1, 0.15) is 11.9 Å². The first-order chi connectivity index (χ1) is 8.19. The number of rotatable bonds is 2. The Hall–Kier alpha value is -2.54.